The molecule has 0 aliphatic rings. The molecule has 0 heterocycles. The van der Waals surface area contributed by atoms with Gasteiger partial charge in [0.05, 0.1) is 12.2 Å². The van der Waals surface area contributed by atoms with Gasteiger partial charge in [0.25, 0.3) is 0 Å². The highest BCUT2D eigenvalue weighted by atomic mass is 16.3. The Hall–Kier alpha value is -0.0800. The highest BCUT2D eigenvalue weighted by Crippen LogP contribution is 2.17. The van der Waals surface area contributed by atoms with Crippen LogP contribution in [0.1, 0.15) is 53.4 Å². The van der Waals surface area contributed by atoms with Gasteiger partial charge in [0, 0.05) is 0 Å². The Kier molecular flexibility index (Phi) is 7.20. The molecule has 0 aromatic rings. The molecule has 0 bridgehead atoms. The summed E-state index contributed by atoms with van der Waals surface area (Å²) in [6.45, 7) is 8.44. The molecule has 86 valence electrons. The molecule has 0 aromatic heterocycles. The van der Waals surface area contributed by atoms with Crippen molar-refractivity contribution in [2.24, 2.45) is 11.8 Å². The lowest BCUT2D eigenvalue weighted by Gasteiger charge is -2.22. The number of hydrogen-bond donors (Lipinski definition) is 2. The molecule has 0 saturated heterocycles. The summed E-state index contributed by atoms with van der Waals surface area (Å²) in [6, 6.07) is 0. The van der Waals surface area contributed by atoms with Crippen molar-refractivity contribution in [3.05, 3.63) is 0 Å². The van der Waals surface area contributed by atoms with Crippen molar-refractivity contribution in [2.75, 3.05) is 0 Å². The van der Waals surface area contributed by atoms with Gasteiger partial charge in [-0.1, -0.05) is 40.5 Å². The van der Waals surface area contributed by atoms with Gasteiger partial charge >= 0.3 is 0 Å². The molecule has 4 atom stereocenters. The van der Waals surface area contributed by atoms with Crippen LogP contribution in [0.4, 0.5) is 0 Å². The molecule has 2 heteroatoms. The number of aliphatic hydroxyl groups is 2. The lowest BCUT2D eigenvalue weighted by atomic mass is 9.92. The normalized spacial score (nSPS) is 20.1. The Morgan fingerprint density at radius 3 is 1.29 bits per heavy atom. The predicted molar refractivity (Wildman–Crippen MR) is 60.2 cm³/mol. The largest absolute Gasteiger partial charge is 0.390 e. The maximum atomic E-state index is 9.71. The fourth-order valence-electron chi connectivity index (χ4n) is 1.47. The molecule has 2 nitrogen and oxygen atoms in total. The molecule has 2 N–H and O–H groups in total. The molecule has 0 aliphatic carbocycles. The summed E-state index contributed by atoms with van der Waals surface area (Å²) < 4.78 is 0. The summed E-state index contributed by atoms with van der Waals surface area (Å²) in [5, 5.41) is 19.4. The monoisotopic (exact) mass is 202 g/mol. The SMILES string of the molecule is CCC(C)CC(O)C(O)CC(C)CC. The van der Waals surface area contributed by atoms with E-state index in [-0.39, 0.29) is 0 Å². The van der Waals surface area contributed by atoms with Gasteiger partial charge in [0.2, 0.25) is 0 Å². The van der Waals surface area contributed by atoms with Crippen LogP contribution in [-0.4, -0.2) is 22.4 Å². The van der Waals surface area contributed by atoms with Crippen LogP contribution in [0.25, 0.3) is 0 Å². The highest BCUT2D eigenvalue weighted by molar-refractivity contribution is 4.71. The minimum Gasteiger partial charge on any atom is -0.390 e. The zero-order chi connectivity index (χ0) is 11.1. The van der Waals surface area contributed by atoms with Crippen molar-refractivity contribution in [1.82, 2.24) is 0 Å². The lowest BCUT2D eigenvalue weighted by molar-refractivity contribution is -0.00618. The maximum absolute atomic E-state index is 9.71. The second-order valence-corrected chi connectivity index (χ2v) is 4.63. The third-order valence-electron chi connectivity index (χ3n) is 3.13. The highest BCUT2D eigenvalue weighted by Gasteiger charge is 2.19. The molecule has 0 aromatic carbocycles. The standard InChI is InChI=1S/C12H26O2/c1-5-9(3)7-11(13)12(14)8-10(4)6-2/h9-14H,5-8H2,1-4H3. The molecular formula is C12H26O2. The Labute approximate surface area is 88.3 Å². The Balaban J connectivity index is 3.80. The first kappa shape index (κ1) is 13.9. The van der Waals surface area contributed by atoms with E-state index >= 15 is 0 Å². The van der Waals surface area contributed by atoms with Gasteiger partial charge < -0.3 is 10.2 Å². The van der Waals surface area contributed by atoms with Gasteiger partial charge in [-0.2, -0.15) is 0 Å². The summed E-state index contributed by atoms with van der Waals surface area (Å²) in [6.07, 6.45) is 2.47. The van der Waals surface area contributed by atoms with Gasteiger partial charge in [0.1, 0.15) is 0 Å². The third kappa shape index (κ3) is 5.61. The topological polar surface area (TPSA) is 40.5 Å². The summed E-state index contributed by atoms with van der Waals surface area (Å²) in [5.41, 5.74) is 0. The Bertz CT molecular complexity index is 120. The van der Waals surface area contributed by atoms with E-state index in [2.05, 4.69) is 27.7 Å². The van der Waals surface area contributed by atoms with E-state index in [9.17, 15) is 10.2 Å². The molecule has 0 amide bonds. The fraction of sp³-hybridized carbons (Fsp3) is 1.00. The minimum absolute atomic E-state index is 0.497. The van der Waals surface area contributed by atoms with Gasteiger partial charge in [-0.25, -0.2) is 0 Å². The Morgan fingerprint density at radius 1 is 0.786 bits per heavy atom. The van der Waals surface area contributed by atoms with Crippen LogP contribution < -0.4 is 0 Å². The zero-order valence-electron chi connectivity index (χ0n) is 10.0. The van der Waals surface area contributed by atoms with Crippen molar-refractivity contribution in [3.8, 4) is 0 Å². The number of hydrogen-bond acceptors (Lipinski definition) is 2. The van der Waals surface area contributed by atoms with Gasteiger partial charge in [0.15, 0.2) is 0 Å². The van der Waals surface area contributed by atoms with E-state index < -0.39 is 12.2 Å². The van der Waals surface area contributed by atoms with Crippen LogP contribution in [0.5, 0.6) is 0 Å². The van der Waals surface area contributed by atoms with Crippen LogP contribution in [-0.2, 0) is 0 Å². The Morgan fingerprint density at radius 2 is 1.07 bits per heavy atom. The first-order chi connectivity index (χ1) is 6.51. The van der Waals surface area contributed by atoms with Crippen LogP contribution in [0.15, 0.2) is 0 Å². The molecule has 0 aliphatic heterocycles. The maximum Gasteiger partial charge on any atom is 0.0801 e. The van der Waals surface area contributed by atoms with E-state index in [0.29, 0.717) is 24.7 Å². The second kappa shape index (κ2) is 7.24. The molecule has 0 rings (SSSR count). The predicted octanol–water partition coefficient (Wildman–Crippen LogP) is 2.58. The third-order valence-corrected chi connectivity index (χ3v) is 3.13. The van der Waals surface area contributed by atoms with Crippen molar-refractivity contribution >= 4 is 0 Å². The summed E-state index contributed by atoms with van der Waals surface area (Å²) in [5.74, 6) is 0.994. The summed E-state index contributed by atoms with van der Waals surface area (Å²) in [4.78, 5) is 0. The molecule has 4 unspecified atom stereocenters. The quantitative estimate of drug-likeness (QED) is 0.666. The minimum atomic E-state index is -0.543. The number of aliphatic hydroxyl groups excluding tert-OH is 2. The van der Waals surface area contributed by atoms with E-state index in [1.54, 1.807) is 0 Å². The molecule has 0 fully saturated rings. The average Bonchev–Trinajstić information content (AvgIpc) is 2.17. The van der Waals surface area contributed by atoms with Gasteiger partial charge in [-0.3, -0.25) is 0 Å². The van der Waals surface area contributed by atoms with Gasteiger partial charge in [-0.05, 0) is 24.7 Å². The zero-order valence-corrected chi connectivity index (χ0v) is 10.0. The number of rotatable bonds is 7. The van der Waals surface area contributed by atoms with Crippen molar-refractivity contribution in [3.63, 3.8) is 0 Å². The first-order valence-electron chi connectivity index (χ1n) is 5.87. The molecular weight excluding hydrogens is 176 g/mol. The van der Waals surface area contributed by atoms with E-state index in [0.717, 1.165) is 12.8 Å². The van der Waals surface area contributed by atoms with E-state index in [1.807, 2.05) is 0 Å². The van der Waals surface area contributed by atoms with E-state index in [4.69, 9.17) is 0 Å². The summed E-state index contributed by atoms with van der Waals surface area (Å²) in [7, 11) is 0. The smallest absolute Gasteiger partial charge is 0.0801 e. The molecule has 14 heavy (non-hydrogen) atoms. The molecule has 0 spiro atoms. The fourth-order valence-corrected chi connectivity index (χ4v) is 1.47. The van der Waals surface area contributed by atoms with Crippen LogP contribution >= 0.6 is 0 Å². The van der Waals surface area contributed by atoms with Crippen LogP contribution in [0, 0.1) is 11.8 Å². The first-order valence-corrected chi connectivity index (χ1v) is 5.87. The molecule has 0 radical (unpaired) electrons. The van der Waals surface area contributed by atoms with Crippen molar-refractivity contribution in [1.29, 1.82) is 0 Å². The van der Waals surface area contributed by atoms with Crippen LogP contribution in [0.2, 0.25) is 0 Å². The van der Waals surface area contributed by atoms with Gasteiger partial charge in [-0.15, -0.1) is 0 Å². The average molecular weight is 202 g/mol. The van der Waals surface area contributed by atoms with Crippen molar-refractivity contribution in [2.45, 2.75) is 65.6 Å². The van der Waals surface area contributed by atoms with Crippen molar-refractivity contribution < 1.29 is 10.2 Å². The molecule has 0 saturated carbocycles. The second-order valence-electron chi connectivity index (χ2n) is 4.63. The lowest BCUT2D eigenvalue weighted by Crippen LogP contribution is -2.29. The van der Waals surface area contributed by atoms with E-state index in [1.165, 1.54) is 0 Å². The summed E-state index contributed by atoms with van der Waals surface area (Å²) >= 11 is 0. The van der Waals surface area contributed by atoms with Crippen LogP contribution in [0.3, 0.4) is 0 Å².